The van der Waals surface area contributed by atoms with Crippen LogP contribution in [0.2, 0.25) is 0 Å². The van der Waals surface area contributed by atoms with Gasteiger partial charge in [0.15, 0.2) is 11.8 Å². The van der Waals surface area contributed by atoms with Crippen LogP contribution in [0.15, 0.2) is 122 Å². The number of esters is 4. The molecule has 62 heavy (non-hydrogen) atoms. The summed E-state index contributed by atoms with van der Waals surface area (Å²) in [5.41, 5.74) is 4.73. The van der Waals surface area contributed by atoms with Gasteiger partial charge in [-0.2, -0.15) is 0 Å². The molecule has 4 aromatic carbocycles. The number of ether oxygens (including phenoxy) is 8. The molecule has 1 fully saturated rings. The lowest BCUT2D eigenvalue weighted by atomic mass is 9.98. The number of nitrogens with zero attached hydrogens (tertiary/aromatic N) is 2. The van der Waals surface area contributed by atoms with E-state index in [4.69, 9.17) is 37.9 Å². The molecule has 0 spiro atoms. The number of fused-ring (bicyclic) bond motifs is 2. The van der Waals surface area contributed by atoms with Crippen LogP contribution in [0.1, 0.15) is 34.1 Å². The normalized spacial score (nSPS) is 19.0. The van der Waals surface area contributed by atoms with Gasteiger partial charge in [0, 0.05) is 58.4 Å². The zero-order valence-corrected chi connectivity index (χ0v) is 34.4. The van der Waals surface area contributed by atoms with Gasteiger partial charge in [-0.05, 0) is 23.3 Å². The minimum atomic E-state index is -1.36. The fourth-order valence-corrected chi connectivity index (χ4v) is 7.31. The van der Waals surface area contributed by atoms with E-state index in [0.29, 0.717) is 24.2 Å². The number of benzene rings is 4. The molecule has 7 rings (SSSR count). The van der Waals surface area contributed by atoms with E-state index in [1.807, 2.05) is 118 Å². The van der Waals surface area contributed by atoms with E-state index in [2.05, 4.69) is 0 Å². The van der Waals surface area contributed by atoms with Gasteiger partial charge in [-0.1, -0.05) is 97.1 Å². The lowest BCUT2D eigenvalue weighted by Crippen LogP contribution is -2.28. The third-order valence-corrected chi connectivity index (χ3v) is 10.2. The van der Waals surface area contributed by atoms with Crippen LogP contribution in [-0.4, -0.2) is 112 Å². The number of carbonyl (C=O) groups excluding carboxylic acids is 4. The van der Waals surface area contributed by atoms with Crippen molar-refractivity contribution in [2.24, 2.45) is 0 Å². The lowest BCUT2D eigenvalue weighted by Gasteiger charge is -2.16. The number of hydrogen-bond acceptors (Lipinski definition) is 12. The number of para-hydroxylation sites is 2. The van der Waals surface area contributed by atoms with Crippen LogP contribution >= 0.6 is 0 Å². The van der Waals surface area contributed by atoms with Crippen molar-refractivity contribution in [3.63, 3.8) is 0 Å². The second-order valence-corrected chi connectivity index (χ2v) is 14.4. The smallest absolute Gasteiger partial charge is 0.325 e. The van der Waals surface area contributed by atoms with E-state index >= 15 is 0 Å². The van der Waals surface area contributed by atoms with E-state index in [1.165, 1.54) is 0 Å². The zero-order chi connectivity index (χ0) is 42.9. The Morgan fingerprint density at radius 1 is 0.371 bits per heavy atom. The van der Waals surface area contributed by atoms with E-state index < -0.39 is 35.7 Å². The largest absolute Gasteiger partial charge is 0.462 e. The summed E-state index contributed by atoms with van der Waals surface area (Å²) in [6.45, 7) is 1.35. The van der Waals surface area contributed by atoms with Crippen LogP contribution in [0.5, 0.6) is 0 Å². The number of rotatable bonds is 6. The lowest BCUT2D eigenvalue weighted by molar-refractivity contribution is -0.161. The molecule has 6 aromatic rings. The summed E-state index contributed by atoms with van der Waals surface area (Å²) in [6.07, 6.45) is 3.60. The fraction of sp³-hybridized carbons (Fsp3) is 0.333. The van der Waals surface area contributed by atoms with E-state index in [0.717, 1.165) is 32.9 Å². The molecule has 1 aliphatic heterocycles. The molecule has 3 heterocycles. The Morgan fingerprint density at radius 3 is 1.00 bits per heavy atom. The summed E-state index contributed by atoms with van der Waals surface area (Å²) in [5, 5.41) is 1.45. The first-order chi connectivity index (χ1) is 30.5. The molecule has 0 aliphatic carbocycles. The minimum Gasteiger partial charge on any atom is -0.462 e. The molecule has 0 saturated carbocycles. The molecule has 0 radical (unpaired) electrons. The molecule has 324 valence electrons. The maximum atomic E-state index is 13.7. The van der Waals surface area contributed by atoms with Crippen molar-refractivity contribution in [3.8, 4) is 0 Å². The molecule has 14 nitrogen and oxygen atoms in total. The van der Waals surface area contributed by atoms with Crippen molar-refractivity contribution >= 4 is 45.7 Å². The second-order valence-electron chi connectivity index (χ2n) is 14.4. The van der Waals surface area contributed by atoms with Crippen molar-refractivity contribution < 1.29 is 57.1 Å². The zero-order valence-electron chi connectivity index (χ0n) is 34.4. The van der Waals surface area contributed by atoms with Gasteiger partial charge in [-0.15, -0.1) is 0 Å². The average molecular weight is 847 g/mol. The Balaban J connectivity index is 0.992. The van der Waals surface area contributed by atoms with E-state index in [1.54, 1.807) is 12.4 Å². The van der Waals surface area contributed by atoms with Gasteiger partial charge in [0.25, 0.3) is 0 Å². The Morgan fingerprint density at radius 2 is 0.661 bits per heavy atom. The molecule has 2 aromatic heterocycles. The summed E-state index contributed by atoms with van der Waals surface area (Å²) < 4.78 is 48.8. The standard InChI is InChI=1S/C48H50N2O12/c51-45-43(39-33-49(31-35-11-3-1-4-12-35)41-17-9-7-15-37(39)41)46(52)60-28-24-56-20-22-58-26-30-62-48(54)44(47(53)61-29-25-57-21-19-55-23-27-59-45)40-34-50(32-36-13-5-2-6-14-36)42-18-10-8-16-38(40)42/h1-18,33-34,43-44H,19-32H2. The van der Waals surface area contributed by atoms with Gasteiger partial charge in [0.05, 0.1) is 52.9 Å². The van der Waals surface area contributed by atoms with Crippen LogP contribution in [0.4, 0.5) is 0 Å². The van der Waals surface area contributed by atoms with Crippen molar-refractivity contribution in [2.45, 2.75) is 24.9 Å². The van der Waals surface area contributed by atoms with Crippen molar-refractivity contribution in [1.29, 1.82) is 0 Å². The molecule has 14 heteroatoms. The molecule has 0 bridgehead atoms. The van der Waals surface area contributed by atoms with Gasteiger partial charge in [-0.25, -0.2) is 0 Å². The van der Waals surface area contributed by atoms with Crippen molar-refractivity contribution in [3.05, 3.63) is 144 Å². The van der Waals surface area contributed by atoms with Crippen LogP contribution in [0, 0.1) is 0 Å². The molecule has 1 aliphatic rings. The monoisotopic (exact) mass is 846 g/mol. The highest BCUT2D eigenvalue weighted by atomic mass is 16.6. The summed E-state index contributed by atoms with van der Waals surface area (Å²) in [7, 11) is 0. The van der Waals surface area contributed by atoms with Crippen molar-refractivity contribution in [2.75, 3.05) is 79.3 Å². The Labute approximate surface area is 359 Å². The first-order valence-electron chi connectivity index (χ1n) is 20.7. The summed E-state index contributed by atoms with van der Waals surface area (Å²) >= 11 is 0. The molecule has 0 amide bonds. The van der Waals surface area contributed by atoms with Crippen LogP contribution in [-0.2, 0) is 70.2 Å². The van der Waals surface area contributed by atoms with Crippen molar-refractivity contribution in [1.82, 2.24) is 9.13 Å². The van der Waals surface area contributed by atoms with Gasteiger partial charge >= 0.3 is 23.9 Å². The third-order valence-electron chi connectivity index (χ3n) is 10.2. The van der Waals surface area contributed by atoms with Gasteiger partial charge < -0.3 is 47.0 Å². The predicted octanol–water partition coefficient (Wildman–Crippen LogP) is 5.81. The summed E-state index contributed by atoms with van der Waals surface area (Å²) in [4.78, 5) is 54.7. The molecule has 1 saturated heterocycles. The number of carbonyl (C=O) groups is 4. The average Bonchev–Trinajstić information content (AvgIpc) is 3.82. The number of aromatic nitrogens is 2. The quantitative estimate of drug-likeness (QED) is 0.113. The highest BCUT2D eigenvalue weighted by Crippen LogP contribution is 2.32. The minimum absolute atomic E-state index is 0.0409. The highest BCUT2D eigenvalue weighted by molar-refractivity contribution is 6.06. The Kier molecular flexibility index (Phi) is 15.9. The molecular formula is C48H50N2O12. The maximum Gasteiger partial charge on any atom is 0.325 e. The van der Waals surface area contributed by atoms with Crippen LogP contribution in [0.25, 0.3) is 21.8 Å². The molecule has 0 N–H and O–H groups in total. The van der Waals surface area contributed by atoms with Gasteiger partial charge in [-0.3, -0.25) is 19.2 Å². The predicted molar refractivity (Wildman–Crippen MR) is 228 cm³/mol. The summed E-state index contributed by atoms with van der Waals surface area (Å²) in [5.74, 6) is -5.80. The molecule has 0 unspecified atom stereocenters. The third kappa shape index (κ3) is 11.5. The molecular weight excluding hydrogens is 797 g/mol. The topological polar surface area (TPSA) is 152 Å². The molecule has 0 atom stereocenters. The Bertz CT molecular complexity index is 2180. The number of cyclic esters (lactones) is 4. The SMILES string of the molecule is O=C1OCCOCCOCCOC(=O)C(c2cn(Cc3ccccc3)c3ccccc23)C(=O)OCCOCCOCCOC(=O)C1c1cn(Cc2ccccc2)c2ccccc12. The van der Waals surface area contributed by atoms with Gasteiger partial charge in [0.1, 0.15) is 26.4 Å². The Hall–Kier alpha value is -6.32. The second kappa shape index (κ2) is 22.5. The van der Waals surface area contributed by atoms with Crippen LogP contribution < -0.4 is 0 Å². The maximum absolute atomic E-state index is 13.7. The van der Waals surface area contributed by atoms with E-state index in [9.17, 15) is 19.2 Å². The van der Waals surface area contributed by atoms with Crippen LogP contribution in [0.3, 0.4) is 0 Å². The van der Waals surface area contributed by atoms with Gasteiger partial charge in [0.2, 0.25) is 0 Å². The van der Waals surface area contributed by atoms with E-state index in [-0.39, 0.29) is 79.3 Å². The summed E-state index contributed by atoms with van der Waals surface area (Å²) in [6, 6.07) is 34.9. The highest BCUT2D eigenvalue weighted by Gasteiger charge is 2.36. The first-order valence-corrected chi connectivity index (χ1v) is 20.7. The fourth-order valence-electron chi connectivity index (χ4n) is 7.31. The first kappa shape index (κ1) is 43.8. The number of hydrogen-bond donors (Lipinski definition) is 0.